The largest absolute Gasteiger partial charge is 0.368 e. The van der Waals surface area contributed by atoms with Crippen molar-refractivity contribution in [2.45, 2.75) is 6.92 Å². The number of anilines is 3. The van der Waals surface area contributed by atoms with Crippen molar-refractivity contribution in [3.8, 4) is 23.1 Å². The molecule has 10 nitrogen and oxygen atoms in total. The van der Waals surface area contributed by atoms with Gasteiger partial charge in [0, 0.05) is 25.1 Å². The molecule has 27 heavy (non-hydrogen) atoms. The second-order valence-corrected chi connectivity index (χ2v) is 5.65. The standard InChI is InChI=1S/C17H15N9O/c1-10-19-8-11(9-20-10)15-21-14(25-27-15)13-22-16(18)24-17(23-13)26(2)12-6-4-3-5-7-12/h3-9H,1-2H3,(H2,18,22,23,24). The van der Waals surface area contributed by atoms with Gasteiger partial charge in [-0.05, 0) is 19.1 Å². The first-order chi connectivity index (χ1) is 13.1. The number of nitrogen functional groups attached to an aromatic ring is 1. The van der Waals surface area contributed by atoms with Gasteiger partial charge in [0.25, 0.3) is 5.89 Å². The molecule has 4 rings (SSSR count). The van der Waals surface area contributed by atoms with E-state index in [-0.39, 0.29) is 23.5 Å². The maximum Gasteiger partial charge on any atom is 0.261 e. The number of aryl methyl sites for hydroxylation is 1. The molecule has 134 valence electrons. The molecule has 0 saturated heterocycles. The number of hydrogen-bond donors (Lipinski definition) is 1. The van der Waals surface area contributed by atoms with Gasteiger partial charge in [0.05, 0.1) is 5.56 Å². The zero-order valence-corrected chi connectivity index (χ0v) is 14.6. The number of nitrogens with two attached hydrogens (primary N) is 1. The molecule has 1 aromatic carbocycles. The summed E-state index contributed by atoms with van der Waals surface area (Å²) in [6.45, 7) is 1.79. The third kappa shape index (κ3) is 3.40. The van der Waals surface area contributed by atoms with Crippen molar-refractivity contribution in [1.82, 2.24) is 35.1 Å². The molecule has 2 N–H and O–H groups in total. The lowest BCUT2D eigenvalue weighted by Crippen LogP contribution is -2.15. The Labute approximate surface area is 154 Å². The highest BCUT2D eigenvalue weighted by atomic mass is 16.5. The third-order valence-electron chi connectivity index (χ3n) is 3.74. The van der Waals surface area contributed by atoms with Crippen molar-refractivity contribution in [2.24, 2.45) is 0 Å². The van der Waals surface area contributed by atoms with Crippen LogP contribution in [0.15, 0.2) is 47.2 Å². The van der Waals surface area contributed by atoms with E-state index in [2.05, 4.69) is 35.1 Å². The Bertz CT molecular complexity index is 1060. The van der Waals surface area contributed by atoms with Crippen LogP contribution in [0.2, 0.25) is 0 Å². The number of para-hydroxylation sites is 1. The van der Waals surface area contributed by atoms with Crippen molar-refractivity contribution < 1.29 is 4.52 Å². The molecule has 0 atom stereocenters. The predicted molar refractivity (Wildman–Crippen MR) is 97.8 cm³/mol. The Morgan fingerprint density at radius 1 is 0.926 bits per heavy atom. The smallest absolute Gasteiger partial charge is 0.261 e. The first-order valence-electron chi connectivity index (χ1n) is 8.03. The molecule has 0 saturated carbocycles. The van der Waals surface area contributed by atoms with E-state index < -0.39 is 0 Å². The minimum absolute atomic E-state index is 0.0581. The average molecular weight is 361 g/mol. The maximum absolute atomic E-state index is 5.85. The Morgan fingerprint density at radius 3 is 2.41 bits per heavy atom. The van der Waals surface area contributed by atoms with Crippen molar-refractivity contribution in [3.63, 3.8) is 0 Å². The fourth-order valence-corrected chi connectivity index (χ4v) is 2.33. The Hall–Kier alpha value is -3.95. The first-order valence-corrected chi connectivity index (χ1v) is 8.03. The number of benzene rings is 1. The highest BCUT2D eigenvalue weighted by Crippen LogP contribution is 2.23. The van der Waals surface area contributed by atoms with Gasteiger partial charge in [-0.2, -0.15) is 19.9 Å². The van der Waals surface area contributed by atoms with Gasteiger partial charge in [-0.25, -0.2) is 9.97 Å². The van der Waals surface area contributed by atoms with Crippen LogP contribution < -0.4 is 10.6 Å². The van der Waals surface area contributed by atoms with Crippen molar-refractivity contribution in [2.75, 3.05) is 17.7 Å². The second-order valence-electron chi connectivity index (χ2n) is 5.65. The molecule has 0 radical (unpaired) electrons. The summed E-state index contributed by atoms with van der Waals surface area (Å²) in [6.07, 6.45) is 3.21. The summed E-state index contributed by atoms with van der Waals surface area (Å²) >= 11 is 0. The van der Waals surface area contributed by atoms with Crippen molar-refractivity contribution >= 4 is 17.6 Å². The molecule has 0 unspecified atom stereocenters. The molecule has 0 amide bonds. The Morgan fingerprint density at radius 2 is 1.67 bits per heavy atom. The van der Waals surface area contributed by atoms with Gasteiger partial charge in [-0.15, -0.1) is 0 Å². The molecular formula is C17H15N9O. The summed E-state index contributed by atoms with van der Waals surface area (Å²) in [5.41, 5.74) is 7.35. The van der Waals surface area contributed by atoms with E-state index in [4.69, 9.17) is 10.3 Å². The van der Waals surface area contributed by atoms with E-state index in [9.17, 15) is 0 Å². The monoisotopic (exact) mass is 361 g/mol. The Kier molecular flexibility index (Phi) is 4.13. The summed E-state index contributed by atoms with van der Waals surface area (Å²) in [5.74, 6) is 1.75. The van der Waals surface area contributed by atoms with E-state index in [1.54, 1.807) is 24.2 Å². The number of rotatable bonds is 4. The third-order valence-corrected chi connectivity index (χ3v) is 3.74. The molecule has 4 aromatic rings. The van der Waals surface area contributed by atoms with E-state index in [1.165, 1.54) is 0 Å². The van der Waals surface area contributed by atoms with Crippen molar-refractivity contribution in [1.29, 1.82) is 0 Å². The fraction of sp³-hybridized carbons (Fsp3) is 0.118. The highest BCUT2D eigenvalue weighted by Gasteiger charge is 2.17. The summed E-state index contributed by atoms with van der Waals surface area (Å²) in [4.78, 5) is 27.0. The van der Waals surface area contributed by atoms with Crippen LogP contribution in [0.5, 0.6) is 0 Å². The van der Waals surface area contributed by atoms with E-state index in [0.29, 0.717) is 17.3 Å². The first kappa shape index (κ1) is 16.5. The lowest BCUT2D eigenvalue weighted by atomic mass is 10.3. The highest BCUT2D eigenvalue weighted by molar-refractivity contribution is 5.60. The summed E-state index contributed by atoms with van der Waals surface area (Å²) in [6, 6.07) is 9.64. The van der Waals surface area contributed by atoms with Gasteiger partial charge in [0.1, 0.15) is 5.82 Å². The minimum atomic E-state index is 0.0581. The van der Waals surface area contributed by atoms with Crippen LogP contribution >= 0.6 is 0 Å². The molecule has 0 fully saturated rings. The number of hydrogen-bond acceptors (Lipinski definition) is 10. The molecule has 10 heteroatoms. The summed E-state index contributed by atoms with van der Waals surface area (Å²) < 4.78 is 5.27. The topological polar surface area (TPSA) is 133 Å². The second kappa shape index (κ2) is 6.75. The molecule has 0 bridgehead atoms. The van der Waals surface area contributed by atoms with Gasteiger partial charge in [-0.3, -0.25) is 0 Å². The zero-order chi connectivity index (χ0) is 18.8. The van der Waals surface area contributed by atoms with Crippen LogP contribution in [0.4, 0.5) is 17.6 Å². The van der Waals surface area contributed by atoms with E-state index >= 15 is 0 Å². The molecule has 0 aliphatic heterocycles. The normalized spacial score (nSPS) is 10.7. The van der Waals surface area contributed by atoms with Crippen LogP contribution in [0.1, 0.15) is 5.82 Å². The summed E-state index contributed by atoms with van der Waals surface area (Å²) in [7, 11) is 1.83. The van der Waals surface area contributed by atoms with Gasteiger partial charge in [0.2, 0.25) is 23.5 Å². The van der Waals surface area contributed by atoms with Crippen LogP contribution in [-0.4, -0.2) is 42.1 Å². The molecule has 3 aromatic heterocycles. The quantitative estimate of drug-likeness (QED) is 0.575. The molecule has 0 aliphatic rings. The molecule has 0 spiro atoms. The van der Waals surface area contributed by atoms with Crippen LogP contribution in [-0.2, 0) is 0 Å². The van der Waals surface area contributed by atoms with Crippen LogP contribution in [0, 0.1) is 6.92 Å². The van der Waals surface area contributed by atoms with Crippen molar-refractivity contribution in [3.05, 3.63) is 48.5 Å². The minimum Gasteiger partial charge on any atom is -0.368 e. The maximum atomic E-state index is 5.85. The van der Waals surface area contributed by atoms with Crippen LogP contribution in [0.25, 0.3) is 23.1 Å². The molecule has 3 heterocycles. The van der Waals surface area contributed by atoms with Gasteiger partial charge in [-0.1, -0.05) is 23.4 Å². The lowest BCUT2D eigenvalue weighted by molar-refractivity contribution is 0.431. The SMILES string of the molecule is Cc1ncc(-c2nc(-c3nc(N)nc(N(C)c4ccccc4)n3)no2)cn1. The number of nitrogens with zero attached hydrogens (tertiary/aromatic N) is 8. The fourth-order valence-electron chi connectivity index (χ4n) is 2.33. The predicted octanol–water partition coefficient (Wildman–Crippen LogP) is 2.04. The lowest BCUT2D eigenvalue weighted by Gasteiger charge is -2.17. The van der Waals surface area contributed by atoms with E-state index in [0.717, 1.165) is 5.69 Å². The van der Waals surface area contributed by atoms with Crippen LogP contribution in [0.3, 0.4) is 0 Å². The van der Waals surface area contributed by atoms with Gasteiger partial charge in [0.15, 0.2) is 0 Å². The number of aromatic nitrogens is 7. The molecule has 0 aliphatic carbocycles. The van der Waals surface area contributed by atoms with E-state index in [1.807, 2.05) is 37.4 Å². The van der Waals surface area contributed by atoms with Gasteiger partial charge < -0.3 is 15.2 Å². The van der Waals surface area contributed by atoms with Gasteiger partial charge >= 0.3 is 0 Å². The zero-order valence-electron chi connectivity index (χ0n) is 14.6. The Balaban J connectivity index is 1.69. The summed E-state index contributed by atoms with van der Waals surface area (Å²) in [5, 5.41) is 3.93. The average Bonchev–Trinajstić information content (AvgIpc) is 3.18. The molecular weight excluding hydrogens is 346 g/mol.